The van der Waals surface area contributed by atoms with E-state index in [0.717, 1.165) is 5.92 Å². The van der Waals surface area contributed by atoms with Crippen molar-refractivity contribution in [2.45, 2.75) is 32.7 Å². The van der Waals surface area contributed by atoms with Gasteiger partial charge in [0, 0.05) is 11.7 Å². The SMILES string of the molecule is C=C1CCC(C(C)C)N1. The minimum atomic E-state index is 0.692. The molecule has 0 amide bonds. The van der Waals surface area contributed by atoms with Crippen LogP contribution in [0.25, 0.3) is 0 Å². The number of nitrogens with one attached hydrogen (secondary N) is 1. The van der Waals surface area contributed by atoms with Crippen molar-refractivity contribution < 1.29 is 0 Å². The first kappa shape index (κ1) is 6.66. The second kappa shape index (κ2) is 2.42. The van der Waals surface area contributed by atoms with Crippen LogP contribution in [0.15, 0.2) is 12.3 Å². The quantitative estimate of drug-likeness (QED) is 0.564. The summed E-state index contributed by atoms with van der Waals surface area (Å²) in [5.41, 5.74) is 1.22. The first-order valence-corrected chi connectivity index (χ1v) is 3.64. The van der Waals surface area contributed by atoms with Crippen molar-refractivity contribution >= 4 is 0 Å². The smallest absolute Gasteiger partial charge is 0.0284 e. The van der Waals surface area contributed by atoms with Crippen LogP contribution in [0.5, 0.6) is 0 Å². The maximum absolute atomic E-state index is 3.88. The van der Waals surface area contributed by atoms with Crippen LogP contribution in [0.1, 0.15) is 26.7 Å². The normalized spacial score (nSPS) is 27.0. The van der Waals surface area contributed by atoms with E-state index in [2.05, 4.69) is 25.7 Å². The molecule has 0 radical (unpaired) electrons. The van der Waals surface area contributed by atoms with Gasteiger partial charge in [-0.2, -0.15) is 0 Å². The molecule has 9 heavy (non-hydrogen) atoms. The zero-order valence-corrected chi connectivity index (χ0v) is 6.28. The molecule has 1 rings (SSSR count). The summed E-state index contributed by atoms with van der Waals surface area (Å²) in [7, 11) is 0. The average Bonchev–Trinajstić information content (AvgIpc) is 2.14. The van der Waals surface area contributed by atoms with Gasteiger partial charge in [0.1, 0.15) is 0 Å². The van der Waals surface area contributed by atoms with E-state index in [1.165, 1.54) is 18.5 Å². The first-order chi connectivity index (χ1) is 4.20. The van der Waals surface area contributed by atoms with Gasteiger partial charge in [0.05, 0.1) is 0 Å². The molecule has 0 saturated carbocycles. The van der Waals surface area contributed by atoms with Gasteiger partial charge in [0.2, 0.25) is 0 Å². The molecule has 0 aliphatic carbocycles. The molecule has 1 aliphatic rings. The predicted octanol–water partition coefficient (Wildman–Crippen LogP) is 1.91. The van der Waals surface area contributed by atoms with Crippen molar-refractivity contribution in [2.24, 2.45) is 5.92 Å². The second-order valence-corrected chi connectivity index (χ2v) is 3.14. The zero-order valence-electron chi connectivity index (χ0n) is 6.28. The van der Waals surface area contributed by atoms with Crippen molar-refractivity contribution in [1.82, 2.24) is 5.32 Å². The number of rotatable bonds is 1. The van der Waals surface area contributed by atoms with Crippen molar-refractivity contribution in [3.05, 3.63) is 12.3 Å². The van der Waals surface area contributed by atoms with E-state index in [4.69, 9.17) is 0 Å². The summed E-state index contributed by atoms with van der Waals surface area (Å²) < 4.78 is 0. The van der Waals surface area contributed by atoms with Gasteiger partial charge in [-0.3, -0.25) is 0 Å². The standard InChI is InChI=1S/C8H15N/c1-6(2)8-5-4-7(3)9-8/h6,8-9H,3-5H2,1-2H3. The van der Waals surface area contributed by atoms with Crippen LogP contribution in [-0.2, 0) is 0 Å². The fourth-order valence-electron chi connectivity index (χ4n) is 1.24. The fraction of sp³-hybridized carbons (Fsp3) is 0.750. The highest BCUT2D eigenvalue weighted by Gasteiger charge is 2.18. The molecule has 1 N–H and O–H groups in total. The molecule has 0 spiro atoms. The van der Waals surface area contributed by atoms with E-state index < -0.39 is 0 Å². The van der Waals surface area contributed by atoms with E-state index in [1.54, 1.807) is 0 Å². The van der Waals surface area contributed by atoms with E-state index >= 15 is 0 Å². The van der Waals surface area contributed by atoms with Crippen LogP contribution in [0.3, 0.4) is 0 Å². The first-order valence-electron chi connectivity index (χ1n) is 3.64. The lowest BCUT2D eigenvalue weighted by atomic mass is 10.0. The maximum Gasteiger partial charge on any atom is 0.0284 e. The molecule has 1 aliphatic heterocycles. The molecule has 1 heteroatoms. The van der Waals surface area contributed by atoms with Crippen LogP contribution in [0.2, 0.25) is 0 Å². The third-order valence-corrected chi connectivity index (χ3v) is 1.95. The van der Waals surface area contributed by atoms with Crippen LogP contribution in [0.4, 0.5) is 0 Å². The van der Waals surface area contributed by atoms with Gasteiger partial charge in [-0.05, 0) is 18.8 Å². The lowest BCUT2D eigenvalue weighted by Crippen LogP contribution is -2.25. The van der Waals surface area contributed by atoms with Gasteiger partial charge >= 0.3 is 0 Å². The topological polar surface area (TPSA) is 12.0 Å². The second-order valence-electron chi connectivity index (χ2n) is 3.14. The Balaban J connectivity index is 2.39. The Hall–Kier alpha value is -0.460. The summed E-state index contributed by atoms with van der Waals surface area (Å²) in [5, 5.41) is 3.36. The van der Waals surface area contributed by atoms with Crippen molar-refractivity contribution in [1.29, 1.82) is 0 Å². The lowest BCUT2D eigenvalue weighted by Gasteiger charge is -2.14. The minimum absolute atomic E-state index is 0.692. The van der Waals surface area contributed by atoms with Gasteiger partial charge in [0.15, 0.2) is 0 Å². The Morgan fingerprint density at radius 3 is 2.56 bits per heavy atom. The van der Waals surface area contributed by atoms with E-state index in [0.29, 0.717) is 6.04 Å². The summed E-state index contributed by atoms with van der Waals surface area (Å²) in [6.45, 7) is 8.37. The van der Waals surface area contributed by atoms with Crippen LogP contribution >= 0.6 is 0 Å². The molecule has 52 valence electrons. The Morgan fingerprint density at radius 2 is 2.33 bits per heavy atom. The molecule has 0 aromatic carbocycles. The summed E-state index contributed by atoms with van der Waals surface area (Å²) in [4.78, 5) is 0. The maximum atomic E-state index is 3.88. The average molecular weight is 125 g/mol. The van der Waals surface area contributed by atoms with Gasteiger partial charge in [-0.1, -0.05) is 20.4 Å². The molecule has 1 nitrogen and oxygen atoms in total. The molecule has 1 heterocycles. The van der Waals surface area contributed by atoms with Gasteiger partial charge < -0.3 is 5.32 Å². The van der Waals surface area contributed by atoms with Crippen LogP contribution < -0.4 is 5.32 Å². The van der Waals surface area contributed by atoms with Crippen molar-refractivity contribution in [3.8, 4) is 0 Å². The Labute approximate surface area is 57.1 Å². The van der Waals surface area contributed by atoms with Gasteiger partial charge in [-0.25, -0.2) is 0 Å². The Kier molecular flexibility index (Phi) is 1.79. The molecule has 1 fully saturated rings. The molecular formula is C8H15N. The minimum Gasteiger partial charge on any atom is -0.386 e. The Bertz CT molecular complexity index is 116. The van der Waals surface area contributed by atoms with Crippen LogP contribution in [0, 0.1) is 5.92 Å². The highest BCUT2D eigenvalue weighted by molar-refractivity contribution is 5.01. The summed E-state index contributed by atoms with van der Waals surface area (Å²) in [6.07, 6.45) is 2.44. The molecule has 1 unspecified atom stereocenters. The summed E-state index contributed by atoms with van der Waals surface area (Å²) in [5.74, 6) is 0.754. The van der Waals surface area contributed by atoms with E-state index in [1.807, 2.05) is 0 Å². The monoisotopic (exact) mass is 125 g/mol. The number of allylic oxidation sites excluding steroid dienone is 1. The zero-order chi connectivity index (χ0) is 6.85. The van der Waals surface area contributed by atoms with Gasteiger partial charge in [-0.15, -0.1) is 0 Å². The van der Waals surface area contributed by atoms with Crippen molar-refractivity contribution in [2.75, 3.05) is 0 Å². The van der Waals surface area contributed by atoms with E-state index in [-0.39, 0.29) is 0 Å². The lowest BCUT2D eigenvalue weighted by molar-refractivity contribution is 0.459. The fourth-order valence-corrected chi connectivity index (χ4v) is 1.24. The predicted molar refractivity (Wildman–Crippen MR) is 40.1 cm³/mol. The summed E-state index contributed by atoms with van der Waals surface area (Å²) in [6, 6.07) is 0.692. The summed E-state index contributed by atoms with van der Waals surface area (Å²) >= 11 is 0. The molecular weight excluding hydrogens is 110 g/mol. The Morgan fingerprint density at radius 1 is 1.67 bits per heavy atom. The highest BCUT2D eigenvalue weighted by atomic mass is 15.0. The molecule has 0 aromatic heterocycles. The van der Waals surface area contributed by atoms with Crippen LogP contribution in [-0.4, -0.2) is 6.04 Å². The third kappa shape index (κ3) is 1.47. The number of hydrogen-bond acceptors (Lipinski definition) is 1. The largest absolute Gasteiger partial charge is 0.386 e. The molecule has 1 atom stereocenters. The van der Waals surface area contributed by atoms with Gasteiger partial charge in [0.25, 0.3) is 0 Å². The van der Waals surface area contributed by atoms with E-state index in [9.17, 15) is 0 Å². The molecule has 1 saturated heterocycles. The van der Waals surface area contributed by atoms with Crippen molar-refractivity contribution in [3.63, 3.8) is 0 Å². The molecule has 0 aromatic rings. The number of hydrogen-bond donors (Lipinski definition) is 1. The molecule has 0 bridgehead atoms. The highest BCUT2D eigenvalue weighted by Crippen LogP contribution is 2.19. The third-order valence-electron chi connectivity index (χ3n) is 1.95.